The summed E-state index contributed by atoms with van der Waals surface area (Å²) in [5, 5.41) is 3.96. The van der Waals surface area contributed by atoms with Gasteiger partial charge < -0.3 is 16.0 Å². The Labute approximate surface area is 220 Å². The monoisotopic (exact) mass is 567 g/mol. The number of nitrogens with two attached hydrogens (primary N) is 1. The van der Waals surface area contributed by atoms with Crippen molar-refractivity contribution in [1.82, 2.24) is 10.2 Å². The van der Waals surface area contributed by atoms with Gasteiger partial charge in [0, 0.05) is 33.1 Å². The molecule has 5 nitrogen and oxygen atoms in total. The van der Waals surface area contributed by atoms with E-state index < -0.39 is 11.5 Å². The highest BCUT2D eigenvalue weighted by molar-refractivity contribution is 9.10. The van der Waals surface area contributed by atoms with Crippen molar-refractivity contribution in [3.05, 3.63) is 68.1 Å². The number of amides is 2. The van der Waals surface area contributed by atoms with Gasteiger partial charge in [-0.15, -0.1) is 0 Å². The Morgan fingerprint density at radius 1 is 1.15 bits per heavy atom. The van der Waals surface area contributed by atoms with Gasteiger partial charge in [-0.3, -0.25) is 9.59 Å². The number of rotatable bonds is 7. The molecule has 3 rings (SSSR count). The first kappa shape index (κ1) is 27.0. The lowest BCUT2D eigenvalue weighted by Gasteiger charge is -2.38. The van der Waals surface area contributed by atoms with Crippen LogP contribution in [0, 0.1) is 0 Å². The maximum absolute atomic E-state index is 13.5. The lowest BCUT2D eigenvalue weighted by atomic mass is 9.83. The van der Waals surface area contributed by atoms with Crippen molar-refractivity contribution in [2.24, 2.45) is 5.73 Å². The summed E-state index contributed by atoms with van der Waals surface area (Å²) in [6.07, 6.45) is 2.62. The fraction of sp³-hybridized carbons (Fsp3) is 0.462. The van der Waals surface area contributed by atoms with Gasteiger partial charge in [-0.05, 0) is 81.8 Å². The quantitative estimate of drug-likeness (QED) is 0.463. The van der Waals surface area contributed by atoms with Gasteiger partial charge in [-0.2, -0.15) is 0 Å². The summed E-state index contributed by atoms with van der Waals surface area (Å²) >= 11 is 15.9. The summed E-state index contributed by atoms with van der Waals surface area (Å²) in [5.41, 5.74) is 6.80. The third-order valence-electron chi connectivity index (χ3n) is 6.63. The lowest BCUT2D eigenvalue weighted by molar-refractivity contribution is -0.139. The van der Waals surface area contributed by atoms with Crippen LogP contribution < -0.4 is 11.1 Å². The number of halogens is 3. The molecule has 0 radical (unpaired) electrons. The van der Waals surface area contributed by atoms with E-state index in [0.29, 0.717) is 41.5 Å². The van der Waals surface area contributed by atoms with Crippen molar-refractivity contribution in [3.63, 3.8) is 0 Å². The topological polar surface area (TPSA) is 75.4 Å². The molecule has 2 aromatic carbocycles. The van der Waals surface area contributed by atoms with E-state index in [2.05, 4.69) is 21.2 Å². The molecular weight excluding hydrogens is 537 g/mol. The molecule has 2 aromatic rings. The van der Waals surface area contributed by atoms with E-state index in [0.717, 1.165) is 22.9 Å². The van der Waals surface area contributed by atoms with Crippen LogP contribution in [0.1, 0.15) is 51.2 Å². The molecule has 2 amide bonds. The molecular formula is C26H32BrCl2N3O2. The largest absolute Gasteiger partial charge is 0.344 e. The van der Waals surface area contributed by atoms with E-state index in [-0.39, 0.29) is 17.4 Å². The minimum atomic E-state index is -0.949. The number of likely N-dealkylation sites (tertiary alicyclic amines) is 1. The molecule has 1 aliphatic heterocycles. The fourth-order valence-corrected chi connectivity index (χ4v) is 5.04. The van der Waals surface area contributed by atoms with Crippen LogP contribution in [0.25, 0.3) is 0 Å². The van der Waals surface area contributed by atoms with Gasteiger partial charge in [-0.1, -0.05) is 57.3 Å². The van der Waals surface area contributed by atoms with E-state index in [1.54, 1.807) is 32.0 Å². The Bertz CT molecular complexity index is 1030. The highest BCUT2D eigenvalue weighted by Gasteiger charge is 2.37. The summed E-state index contributed by atoms with van der Waals surface area (Å²) in [7, 11) is 0. The van der Waals surface area contributed by atoms with Crippen LogP contribution in [0.15, 0.2) is 46.9 Å². The van der Waals surface area contributed by atoms with Crippen LogP contribution in [-0.2, 0) is 21.4 Å². The fourth-order valence-electron chi connectivity index (χ4n) is 4.14. The molecule has 1 heterocycles. The lowest BCUT2D eigenvalue weighted by Crippen LogP contribution is -2.56. The SMILES string of the molecule is CC1(N)CCN(C(=O)C(CCc2ccc(Br)cc2)NC(=O)C(C)(C)c2ccc(Cl)cc2Cl)CC1. The van der Waals surface area contributed by atoms with Crippen LogP contribution in [-0.4, -0.2) is 41.4 Å². The Kier molecular flexibility index (Phi) is 8.72. The highest BCUT2D eigenvalue weighted by atomic mass is 79.9. The number of carbonyl (C=O) groups excluding carboxylic acids is 2. The second-order valence-electron chi connectivity index (χ2n) is 9.92. The van der Waals surface area contributed by atoms with Gasteiger partial charge in [0.2, 0.25) is 11.8 Å². The molecule has 0 aliphatic carbocycles. The van der Waals surface area contributed by atoms with Crippen LogP contribution in [0.3, 0.4) is 0 Å². The summed E-state index contributed by atoms with van der Waals surface area (Å²) in [5.74, 6) is -0.328. The first-order valence-corrected chi connectivity index (χ1v) is 13.0. The summed E-state index contributed by atoms with van der Waals surface area (Å²) < 4.78 is 0.997. The normalized spacial score (nSPS) is 16.7. The molecule has 0 bridgehead atoms. The standard InChI is InChI=1S/C26H32BrCl2N3O2/c1-25(2,20-10-9-19(28)16-21(20)29)24(34)31-22(11-6-17-4-7-18(27)8-5-17)23(33)32-14-12-26(3,30)13-15-32/h4-5,7-10,16,22H,6,11-15,30H2,1-3H3,(H,31,34). The number of carbonyl (C=O) groups is 2. The Balaban J connectivity index is 1.79. The predicted molar refractivity (Wildman–Crippen MR) is 142 cm³/mol. The molecule has 8 heteroatoms. The molecule has 0 saturated carbocycles. The average Bonchev–Trinajstić information content (AvgIpc) is 2.76. The molecule has 1 saturated heterocycles. The Morgan fingerprint density at radius 2 is 1.76 bits per heavy atom. The third-order valence-corrected chi connectivity index (χ3v) is 7.70. The summed E-state index contributed by atoms with van der Waals surface area (Å²) in [6, 6.07) is 12.4. The second kappa shape index (κ2) is 11.0. The van der Waals surface area contributed by atoms with Crippen LogP contribution in [0.2, 0.25) is 10.0 Å². The number of hydrogen-bond donors (Lipinski definition) is 2. The average molecular weight is 569 g/mol. The molecule has 1 aliphatic rings. The van der Waals surface area contributed by atoms with Gasteiger partial charge in [-0.25, -0.2) is 0 Å². The zero-order valence-corrected chi connectivity index (χ0v) is 22.9. The van der Waals surface area contributed by atoms with Crippen molar-refractivity contribution in [2.45, 2.75) is 63.5 Å². The Morgan fingerprint density at radius 3 is 2.35 bits per heavy atom. The number of nitrogens with zero attached hydrogens (tertiary/aromatic N) is 1. The number of nitrogens with one attached hydrogen (secondary N) is 1. The second-order valence-corrected chi connectivity index (χ2v) is 11.7. The Hall–Kier alpha value is -1.60. The smallest absolute Gasteiger partial charge is 0.245 e. The first-order valence-electron chi connectivity index (χ1n) is 11.5. The van der Waals surface area contributed by atoms with Crippen molar-refractivity contribution >= 4 is 50.9 Å². The maximum Gasteiger partial charge on any atom is 0.245 e. The van der Waals surface area contributed by atoms with Gasteiger partial charge in [0.15, 0.2) is 0 Å². The molecule has 1 fully saturated rings. The van der Waals surface area contributed by atoms with Crippen molar-refractivity contribution < 1.29 is 9.59 Å². The van der Waals surface area contributed by atoms with Crippen molar-refractivity contribution in [1.29, 1.82) is 0 Å². The molecule has 3 N–H and O–H groups in total. The van der Waals surface area contributed by atoms with E-state index in [1.807, 2.05) is 36.1 Å². The first-order chi connectivity index (χ1) is 15.9. The number of benzene rings is 2. The minimum absolute atomic E-state index is 0.0704. The molecule has 184 valence electrons. The van der Waals surface area contributed by atoms with Gasteiger partial charge in [0.25, 0.3) is 0 Å². The molecule has 1 unspecified atom stereocenters. The summed E-state index contributed by atoms with van der Waals surface area (Å²) in [6.45, 7) is 6.79. The maximum atomic E-state index is 13.5. The van der Waals surface area contributed by atoms with Gasteiger partial charge >= 0.3 is 0 Å². The third kappa shape index (κ3) is 6.75. The molecule has 34 heavy (non-hydrogen) atoms. The predicted octanol–water partition coefficient (Wildman–Crippen LogP) is 5.49. The number of hydrogen-bond acceptors (Lipinski definition) is 3. The molecule has 0 spiro atoms. The zero-order chi connectivity index (χ0) is 25.1. The highest BCUT2D eigenvalue weighted by Crippen LogP contribution is 2.32. The van der Waals surface area contributed by atoms with Gasteiger partial charge in [0.05, 0.1) is 5.41 Å². The van der Waals surface area contributed by atoms with E-state index in [1.165, 1.54) is 0 Å². The van der Waals surface area contributed by atoms with Crippen LogP contribution in [0.5, 0.6) is 0 Å². The summed E-state index contributed by atoms with van der Waals surface area (Å²) in [4.78, 5) is 28.8. The van der Waals surface area contributed by atoms with Crippen LogP contribution >= 0.6 is 39.1 Å². The van der Waals surface area contributed by atoms with Crippen molar-refractivity contribution in [2.75, 3.05) is 13.1 Å². The van der Waals surface area contributed by atoms with Crippen LogP contribution in [0.4, 0.5) is 0 Å². The van der Waals surface area contributed by atoms with E-state index in [4.69, 9.17) is 28.9 Å². The molecule has 0 aromatic heterocycles. The number of aryl methyl sites for hydroxylation is 1. The van der Waals surface area contributed by atoms with Gasteiger partial charge in [0.1, 0.15) is 6.04 Å². The van der Waals surface area contributed by atoms with E-state index in [9.17, 15) is 9.59 Å². The number of piperidine rings is 1. The minimum Gasteiger partial charge on any atom is -0.344 e. The van der Waals surface area contributed by atoms with Crippen molar-refractivity contribution in [3.8, 4) is 0 Å². The zero-order valence-electron chi connectivity index (χ0n) is 19.8. The molecule has 1 atom stereocenters. The van der Waals surface area contributed by atoms with E-state index >= 15 is 0 Å².